The zero-order valence-electron chi connectivity index (χ0n) is 22.6. The van der Waals surface area contributed by atoms with E-state index in [-0.39, 0.29) is 36.3 Å². The van der Waals surface area contributed by atoms with Gasteiger partial charge in [0.15, 0.2) is 5.78 Å². The summed E-state index contributed by atoms with van der Waals surface area (Å²) < 4.78 is 21.6. The lowest BCUT2D eigenvalue weighted by Gasteiger charge is -2.61. The van der Waals surface area contributed by atoms with Crippen LogP contribution >= 0.6 is 0 Å². The molecule has 0 amide bonds. The summed E-state index contributed by atoms with van der Waals surface area (Å²) in [4.78, 5) is 66.0. The van der Waals surface area contributed by atoms with Crippen LogP contribution in [0, 0.1) is 34.0 Å². The number of hydrogen-bond donors (Lipinski definition) is 0. The molecule has 9 heteroatoms. The fourth-order valence-corrected chi connectivity index (χ4v) is 8.22. The van der Waals surface area contributed by atoms with E-state index in [0.29, 0.717) is 12.8 Å². The Morgan fingerprint density at radius 2 is 1.82 bits per heavy atom. The molecule has 38 heavy (non-hydrogen) atoms. The topological polar surface area (TPSA) is 126 Å². The van der Waals surface area contributed by atoms with Crippen molar-refractivity contribution in [2.24, 2.45) is 34.0 Å². The molecule has 1 aliphatic heterocycles. The number of cyclic esters (lactones) is 1. The van der Waals surface area contributed by atoms with Crippen LogP contribution in [0.1, 0.15) is 72.0 Å². The lowest BCUT2D eigenvalue weighted by Crippen LogP contribution is -2.68. The maximum Gasteiger partial charge on any atom is 0.347 e. The largest absolute Gasteiger partial charge is 0.472 e. The van der Waals surface area contributed by atoms with E-state index in [0.717, 1.165) is 16.7 Å². The first-order valence-electron chi connectivity index (χ1n) is 13.1. The molecule has 0 aromatic carbocycles. The molecule has 1 aromatic heterocycles. The molecular weight excluding hydrogens is 492 g/mol. The molecule has 1 saturated heterocycles. The molecule has 5 rings (SSSR count). The summed E-state index contributed by atoms with van der Waals surface area (Å²) in [5, 5.41) is 0. The number of methoxy groups -OCH3 is 1. The van der Waals surface area contributed by atoms with Gasteiger partial charge in [-0.3, -0.25) is 19.2 Å². The van der Waals surface area contributed by atoms with Crippen LogP contribution in [0.15, 0.2) is 34.2 Å². The van der Waals surface area contributed by atoms with Crippen LogP contribution in [0.4, 0.5) is 0 Å². The van der Waals surface area contributed by atoms with Gasteiger partial charge in [0.2, 0.25) is 6.10 Å². The molecule has 2 bridgehead atoms. The molecule has 2 saturated carbocycles. The van der Waals surface area contributed by atoms with Crippen LogP contribution in [0.5, 0.6) is 0 Å². The molecule has 7 unspecified atom stereocenters. The molecule has 2 heterocycles. The number of hydrogen-bond acceptors (Lipinski definition) is 9. The maximum absolute atomic E-state index is 14.1. The van der Waals surface area contributed by atoms with Crippen LogP contribution in [0.25, 0.3) is 0 Å². The van der Waals surface area contributed by atoms with Crippen molar-refractivity contribution in [2.45, 2.75) is 72.5 Å². The number of carbonyl (C=O) groups is 5. The highest BCUT2D eigenvalue weighted by Gasteiger charge is 2.70. The second-order valence-corrected chi connectivity index (χ2v) is 12.1. The van der Waals surface area contributed by atoms with Crippen molar-refractivity contribution < 1.29 is 42.6 Å². The quantitative estimate of drug-likeness (QED) is 0.248. The Kier molecular flexibility index (Phi) is 6.00. The van der Waals surface area contributed by atoms with Crippen molar-refractivity contribution in [3.63, 3.8) is 0 Å². The van der Waals surface area contributed by atoms with E-state index < -0.39 is 52.2 Å². The van der Waals surface area contributed by atoms with Crippen LogP contribution in [0.3, 0.4) is 0 Å². The van der Waals surface area contributed by atoms with Gasteiger partial charge in [-0.1, -0.05) is 33.3 Å². The van der Waals surface area contributed by atoms with Crippen LogP contribution in [-0.2, 0) is 38.2 Å². The summed E-state index contributed by atoms with van der Waals surface area (Å²) in [6.45, 7) is 8.47. The number of allylic oxidation sites excluding steroid dienone is 1. The number of ether oxygens (including phenoxy) is 3. The molecule has 1 aromatic rings. The van der Waals surface area contributed by atoms with Gasteiger partial charge in [0.25, 0.3) is 0 Å². The molecule has 9 nitrogen and oxygen atoms in total. The van der Waals surface area contributed by atoms with E-state index in [1.807, 2.05) is 0 Å². The molecule has 7 atom stereocenters. The van der Waals surface area contributed by atoms with Crippen molar-refractivity contribution in [2.75, 3.05) is 7.11 Å². The number of Topliss-reactive ketones (excluding diaryl/α,β-unsaturated/α-hetero) is 2. The highest BCUT2D eigenvalue weighted by molar-refractivity contribution is 6.11. The van der Waals surface area contributed by atoms with E-state index in [1.54, 1.807) is 33.1 Å². The number of ketones is 2. The summed E-state index contributed by atoms with van der Waals surface area (Å²) in [6.07, 6.45) is 2.63. The zero-order valence-corrected chi connectivity index (χ0v) is 22.6. The monoisotopic (exact) mass is 526 g/mol. The predicted molar refractivity (Wildman–Crippen MR) is 131 cm³/mol. The smallest absolute Gasteiger partial charge is 0.347 e. The summed E-state index contributed by atoms with van der Waals surface area (Å²) in [5.41, 5.74) is -0.329. The minimum absolute atomic E-state index is 0.0697. The van der Waals surface area contributed by atoms with Gasteiger partial charge in [-0.2, -0.15) is 0 Å². The molecule has 204 valence electrons. The average Bonchev–Trinajstić information content (AvgIpc) is 3.38. The number of fused-ring (bicyclic) bond motifs is 5. The van der Waals surface area contributed by atoms with Crippen molar-refractivity contribution in [1.82, 2.24) is 0 Å². The number of furan rings is 1. The van der Waals surface area contributed by atoms with Crippen LogP contribution in [0.2, 0.25) is 0 Å². The van der Waals surface area contributed by atoms with E-state index >= 15 is 0 Å². The lowest BCUT2D eigenvalue weighted by molar-refractivity contribution is -0.194. The number of carbonyl (C=O) groups excluding carboxylic acids is 5. The van der Waals surface area contributed by atoms with Crippen LogP contribution < -0.4 is 0 Å². The first-order valence-corrected chi connectivity index (χ1v) is 13.1. The Labute approximate surface area is 221 Å². The Morgan fingerprint density at radius 3 is 2.42 bits per heavy atom. The fourth-order valence-electron chi connectivity index (χ4n) is 8.22. The van der Waals surface area contributed by atoms with Crippen molar-refractivity contribution in [1.29, 1.82) is 0 Å². The van der Waals surface area contributed by atoms with Gasteiger partial charge < -0.3 is 18.6 Å². The van der Waals surface area contributed by atoms with E-state index in [1.165, 1.54) is 20.3 Å². The molecule has 3 aliphatic carbocycles. The highest BCUT2D eigenvalue weighted by atomic mass is 16.6. The summed E-state index contributed by atoms with van der Waals surface area (Å²) >= 11 is 0. The summed E-state index contributed by atoms with van der Waals surface area (Å²) in [7, 11) is 1.19. The zero-order chi connectivity index (χ0) is 27.8. The molecule has 0 spiro atoms. The fraction of sp³-hybridized carbons (Fsp3) is 0.621. The summed E-state index contributed by atoms with van der Waals surface area (Å²) in [6, 6.07) is 1.78. The first kappa shape index (κ1) is 26.4. The third-order valence-corrected chi connectivity index (χ3v) is 9.84. The van der Waals surface area contributed by atoms with E-state index in [4.69, 9.17) is 18.6 Å². The van der Waals surface area contributed by atoms with Gasteiger partial charge in [-0.15, -0.1) is 0 Å². The van der Waals surface area contributed by atoms with Gasteiger partial charge in [-0.25, -0.2) is 4.79 Å². The number of esters is 3. The molecule has 0 N–H and O–H groups in total. The third kappa shape index (κ3) is 3.46. The lowest BCUT2D eigenvalue weighted by atomic mass is 9.40. The first-order chi connectivity index (χ1) is 17.8. The van der Waals surface area contributed by atoms with E-state index in [9.17, 15) is 24.0 Å². The minimum atomic E-state index is -1.43. The van der Waals surface area contributed by atoms with Gasteiger partial charge in [0.05, 0.1) is 32.0 Å². The second kappa shape index (κ2) is 8.64. The van der Waals surface area contributed by atoms with Gasteiger partial charge in [0, 0.05) is 34.7 Å². The standard InChI is InChI=1S/C29H34O9/c1-14(30)37-21(26(34)35-6)22-27(2,3)23(32)17-11-16-18(29(22,5)24(17)33)7-9-28(4)19(16)12-20(31)38-25(28)15-8-10-36-13-15/h8,10,13,17-18,21-22,25H,7,9,11-12H2,1-6H3. The Balaban J connectivity index is 1.71. The minimum Gasteiger partial charge on any atom is -0.472 e. The second-order valence-electron chi connectivity index (χ2n) is 12.1. The normalized spacial score (nSPS) is 36.5. The molecule has 0 radical (unpaired) electrons. The predicted octanol–water partition coefficient (Wildman–Crippen LogP) is 3.91. The Bertz CT molecular complexity index is 1250. The highest BCUT2D eigenvalue weighted by Crippen LogP contribution is 2.67. The Hall–Kier alpha value is -3.23. The average molecular weight is 527 g/mol. The van der Waals surface area contributed by atoms with Crippen molar-refractivity contribution >= 4 is 29.5 Å². The van der Waals surface area contributed by atoms with E-state index in [2.05, 4.69) is 6.92 Å². The summed E-state index contributed by atoms with van der Waals surface area (Å²) in [5.74, 6) is -4.62. The van der Waals surface area contributed by atoms with Crippen LogP contribution in [-0.4, -0.2) is 42.7 Å². The van der Waals surface area contributed by atoms with Crippen molar-refractivity contribution in [3.05, 3.63) is 35.3 Å². The SMILES string of the molecule is COC(=O)C(OC(C)=O)C1C(C)(C)C(=O)C2CC3=C4CC(=O)OC(c5ccoc5)C4(C)CCC3C1(C)C2=O. The molecular formula is C29H34O9. The maximum atomic E-state index is 14.1. The van der Waals surface area contributed by atoms with Gasteiger partial charge >= 0.3 is 17.9 Å². The van der Waals surface area contributed by atoms with Crippen molar-refractivity contribution in [3.8, 4) is 0 Å². The van der Waals surface area contributed by atoms with Gasteiger partial charge in [-0.05, 0) is 36.8 Å². The Morgan fingerprint density at radius 1 is 1.11 bits per heavy atom. The molecule has 4 aliphatic rings. The third-order valence-electron chi connectivity index (χ3n) is 9.84. The number of rotatable bonds is 4. The van der Waals surface area contributed by atoms with Gasteiger partial charge in [0.1, 0.15) is 11.9 Å². The molecule has 3 fully saturated rings.